The van der Waals surface area contributed by atoms with E-state index in [1.165, 1.54) is 0 Å². The van der Waals surface area contributed by atoms with Crippen molar-refractivity contribution in [1.82, 2.24) is 9.58 Å². The summed E-state index contributed by atoms with van der Waals surface area (Å²) < 4.78 is 7.13. The van der Waals surface area contributed by atoms with Gasteiger partial charge in [-0.25, -0.2) is 4.79 Å². The van der Waals surface area contributed by atoms with Gasteiger partial charge in [0.1, 0.15) is 0 Å². The molecule has 7 nitrogen and oxygen atoms in total. The summed E-state index contributed by atoms with van der Waals surface area (Å²) in [5.74, 6) is -0.971. The number of aromatic nitrogens is 1. The molecule has 0 unspecified atom stereocenters. The number of carbonyl (C=O) groups excluding carboxylic acids is 3. The zero-order valence-corrected chi connectivity index (χ0v) is 19.0. The van der Waals surface area contributed by atoms with Gasteiger partial charge in [-0.3, -0.25) is 9.59 Å². The van der Waals surface area contributed by atoms with Gasteiger partial charge in [0.25, 0.3) is 11.8 Å². The van der Waals surface area contributed by atoms with Gasteiger partial charge >= 0.3 is 5.97 Å². The van der Waals surface area contributed by atoms with Crippen LogP contribution < -0.4 is 0 Å². The van der Waals surface area contributed by atoms with Crippen LogP contribution in [0.5, 0.6) is 0 Å². The predicted octanol–water partition coefficient (Wildman–Crippen LogP) is 3.80. The zero-order valence-electron chi connectivity index (χ0n) is 19.0. The first-order valence-corrected chi connectivity index (χ1v) is 11.5. The molecule has 2 aromatic rings. The van der Waals surface area contributed by atoms with E-state index in [9.17, 15) is 14.4 Å². The van der Waals surface area contributed by atoms with Gasteiger partial charge in [-0.2, -0.15) is 10.1 Å². The lowest BCUT2D eigenvalue weighted by atomic mass is 9.63. The van der Waals surface area contributed by atoms with Crippen molar-refractivity contribution in [1.29, 1.82) is 0 Å². The van der Waals surface area contributed by atoms with E-state index in [4.69, 9.17) is 4.74 Å². The van der Waals surface area contributed by atoms with E-state index in [0.29, 0.717) is 12.2 Å². The van der Waals surface area contributed by atoms with E-state index in [1.54, 1.807) is 25.3 Å². The molecule has 3 aliphatic carbocycles. The van der Waals surface area contributed by atoms with Crippen LogP contribution in [0.25, 0.3) is 5.69 Å². The van der Waals surface area contributed by atoms with Crippen LogP contribution in [0.4, 0.5) is 0 Å². The molecule has 170 valence electrons. The summed E-state index contributed by atoms with van der Waals surface area (Å²) in [5, 5.41) is 5.43. The number of esters is 1. The Kier molecular flexibility index (Phi) is 5.27. The summed E-state index contributed by atoms with van der Waals surface area (Å²) in [6.45, 7) is 6.01. The topological polar surface area (TPSA) is 81.0 Å². The molecule has 1 aromatic heterocycles. The van der Waals surface area contributed by atoms with Crippen molar-refractivity contribution in [3.8, 4) is 5.69 Å². The molecule has 4 atom stereocenters. The van der Waals surface area contributed by atoms with Crippen LogP contribution in [-0.2, 0) is 14.3 Å². The van der Waals surface area contributed by atoms with Gasteiger partial charge in [0.15, 0.2) is 0 Å². The zero-order chi connectivity index (χ0) is 23.3. The number of rotatable bonds is 5. The Morgan fingerprint density at radius 3 is 2.36 bits per heavy atom. The van der Waals surface area contributed by atoms with E-state index in [0.717, 1.165) is 40.5 Å². The first-order valence-electron chi connectivity index (χ1n) is 11.5. The molecular formula is C26H27N3O4. The molecule has 7 heteroatoms. The number of hydrogen-bond acceptors (Lipinski definition) is 5. The molecule has 0 radical (unpaired) electrons. The number of allylic oxidation sites excluding steroid dienone is 2. The van der Waals surface area contributed by atoms with Gasteiger partial charge in [0.05, 0.1) is 30.2 Å². The smallest absolute Gasteiger partial charge is 0.338 e. The van der Waals surface area contributed by atoms with E-state index in [2.05, 4.69) is 17.3 Å². The van der Waals surface area contributed by atoms with Crippen LogP contribution in [0, 0.1) is 37.5 Å². The molecule has 2 bridgehead atoms. The van der Waals surface area contributed by atoms with Crippen LogP contribution in [0.3, 0.4) is 0 Å². The lowest BCUT2D eigenvalue weighted by Crippen LogP contribution is -2.38. The highest BCUT2D eigenvalue weighted by atomic mass is 16.5. The molecule has 33 heavy (non-hydrogen) atoms. The second kappa shape index (κ2) is 8.14. The molecule has 0 spiro atoms. The number of hydrogen-bond donors (Lipinski definition) is 0. The summed E-state index contributed by atoms with van der Waals surface area (Å²) in [6, 6.07) is 9.22. The van der Waals surface area contributed by atoms with Gasteiger partial charge < -0.3 is 9.30 Å². The van der Waals surface area contributed by atoms with Crippen molar-refractivity contribution in [3.05, 3.63) is 65.0 Å². The largest absolute Gasteiger partial charge is 0.462 e. The quantitative estimate of drug-likeness (QED) is 0.303. The predicted molar refractivity (Wildman–Crippen MR) is 123 cm³/mol. The van der Waals surface area contributed by atoms with Crippen molar-refractivity contribution in [3.63, 3.8) is 0 Å². The minimum Gasteiger partial charge on any atom is -0.462 e. The third-order valence-electron chi connectivity index (χ3n) is 7.13. The maximum absolute atomic E-state index is 13.0. The van der Waals surface area contributed by atoms with Crippen molar-refractivity contribution in [2.24, 2.45) is 28.8 Å². The fourth-order valence-electron chi connectivity index (χ4n) is 5.59. The Morgan fingerprint density at radius 1 is 1.09 bits per heavy atom. The second-order valence-corrected chi connectivity index (χ2v) is 9.01. The highest BCUT2D eigenvalue weighted by molar-refractivity contribution is 6.06. The molecule has 1 saturated heterocycles. The lowest BCUT2D eigenvalue weighted by Gasteiger charge is -2.37. The van der Waals surface area contributed by atoms with Crippen LogP contribution in [-0.4, -0.2) is 40.2 Å². The van der Waals surface area contributed by atoms with Crippen molar-refractivity contribution in [2.75, 3.05) is 6.61 Å². The number of nitrogens with zero attached hydrogens (tertiary/aromatic N) is 3. The van der Waals surface area contributed by atoms with E-state index < -0.39 is 0 Å². The molecule has 2 amide bonds. The van der Waals surface area contributed by atoms with Gasteiger partial charge in [-0.15, -0.1) is 0 Å². The van der Waals surface area contributed by atoms with E-state index >= 15 is 0 Å². The molecule has 1 aromatic carbocycles. The normalized spacial score (nSPS) is 25.8. The monoisotopic (exact) mass is 445 g/mol. The molecule has 1 saturated carbocycles. The third kappa shape index (κ3) is 3.43. The lowest BCUT2D eigenvalue weighted by molar-refractivity contribution is -0.140. The van der Waals surface area contributed by atoms with Gasteiger partial charge in [0.2, 0.25) is 0 Å². The maximum atomic E-state index is 13.0. The van der Waals surface area contributed by atoms with Crippen molar-refractivity contribution < 1.29 is 19.1 Å². The number of benzene rings is 1. The Morgan fingerprint density at radius 2 is 1.76 bits per heavy atom. The minimum absolute atomic E-state index is 0.147. The standard InChI is InChI=1S/C26H27N3O4/c1-4-33-26(32)19-6-5-7-21(13-19)28-15(2)12-20(16(28)3)14-27-29-24(30)22-17-8-9-18(11-10-17)23(22)25(29)31/h5-9,12-14,17-18,22-23H,4,10-11H2,1-3H3/b27-14-/t17-,18-,22+,23+/m0/s1. The number of imide groups is 1. The summed E-state index contributed by atoms with van der Waals surface area (Å²) in [6.07, 6.45) is 7.73. The third-order valence-corrected chi connectivity index (χ3v) is 7.13. The molecule has 1 aliphatic heterocycles. The Bertz CT molecular complexity index is 1180. The first-order chi connectivity index (χ1) is 15.9. The average Bonchev–Trinajstić information content (AvgIpc) is 3.26. The SMILES string of the molecule is CCOC(=O)c1cccc(-n2c(C)cc(/C=N\N3C(=O)[C@H]4[C@H](C3=O)[C@H]3C=C[C@H]4CC3)c2C)c1. The van der Waals surface area contributed by atoms with Crippen molar-refractivity contribution in [2.45, 2.75) is 33.6 Å². The number of hydrazone groups is 1. The highest BCUT2D eigenvalue weighted by Gasteiger charge is 2.56. The van der Waals surface area contributed by atoms with Crippen LogP contribution >= 0.6 is 0 Å². The van der Waals surface area contributed by atoms with Gasteiger partial charge in [-0.1, -0.05) is 18.2 Å². The Balaban J connectivity index is 1.42. The van der Waals surface area contributed by atoms with E-state index in [-0.39, 0.29) is 41.5 Å². The number of carbonyl (C=O) groups is 3. The number of aryl methyl sites for hydroxylation is 1. The van der Waals surface area contributed by atoms with Gasteiger partial charge in [-0.05, 0) is 69.7 Å². The number of fused-ring (bicyclic) bond motifs is 1. The summed E-state index contributed by atoms with van der Waals surface area (Å²) in [4.78, 5) is 38.2. The molecular weight excluding hydrogens is 418 g/mol. The fraction of sp³-hybridized carbons (Fsp3) is 0.385. The maximum Gasteiger partial charge on any atom is 0.338 e. The first kappa shape index (κ1) is 21.4. The van der Waals surface area contributed by atoms with Crippen LogP contribution in [0.15, 0.2) is 47.6 Å². The molecule has 2 fully saturated rings. The molecule has 2 heterocycles. The van der Waals surface area contributed by atoms with Crippen LogP contribution in [0.1, 0.15) is 47.1 Å². The Hall–Kier alpha value is -3.48. The van der Waals surface area contributed by atoms with Crippen molar-refractivity contribution >= 4 is 24.0 Å². The van der Waals surface area contributed by atoms with Crippen LogP contribution in [0.2, 0.25) is 0 Å². The number of ether oxygens (including phenoxy) is 1. The molecule has 0 N–H and O–H groups in total. The fourth-order valence-corrected chi connectivity index (χ4v) is 5.59. The minimum atomic E-state index is -0.361. The summed E-state index contributed by atoms with van der Waals surface area (Å²) in [7, 11) is 0. The summed E-state index contributed by atoms with van der Waals surface area (Å²) >= 11 is 0. The highest BCUT2D eigenvalue weighted by Crippen LogP contribution is 2.49. The van der Waals surface area contributed by atoms with E-state index in [1.807, 2.05) is 36.6 Å². The van der Waals surface area contributed by atoms with Gasteiger partial charge in [0, 0.05) is 22.6 Å². The molecule has 4 aliphatic rings. The second-order valence-electron chi connectivity index (χ2n) is 9.01. The Labute approximate surface area is 192 Å². The average molecular weight is 446 g/mol. The summed E-state index contributed by atoms with van der Waals surface area (Å²) in [5.41, 5.74) is 3.97. The number of amides is 2. The molecule has 6 rings (SSSR count).